The molecule has 0 atom stereocenters. The first-order chi connectivity index (χ1) is 24.4. The Hall–Kier alpha value is -3.90. The lowest BCUT2D eigenvalue weighted by molar-refractivity contribution is 0.479. The molecule has 6 rings (SSSR count). The van der Waals surface area contributed by atoms with Crippen LogP contribution in [0, 0.1) is 7.14 Å². The molecule has 0 bridgehead atoms. The third-order valence-electron chi connectivity index (χ3n) is 7.70. The molecule has 6 aromatic rings. The van der Waals surface area contributed by atoms with Gasteiger partial charge >= 0.3 is 0 Å². The molecule has 0 amide bonds. The molecule has 0 saturated carbocycles. The highest BCUT2D eigenvalue weighted by Gasteiger charge is 2.24. The van der Waals surface area contributed by atoms with Gasteiger partial charge in [0.15, 0.2) is 0 Å². The molecule has 0 aliphatic heterocycles. The summed E-state index contributed by atoms with van der Waals surface area (Å²) in [5.41, 5.74) is 13.6. The third-order valence-corrected chi connectivity index (χ3v) is 11.9. The second-order valence-corrected chi connectivity index (χ2v) is 16.8. The zero-order chi connectivity index (χ0) is 37.9. The number of aromatic hydroxyl groups is 2. The minimum atomic E-state index is -4.75. The van der Waals surface area contributed by atoms with Gasteiger partial charge < -0.3 is 21.7 Å². The van der Waals surface area contributed by atoms with Crippen molar-refractivity contribution in [2.24, 2.45) is 20.5 Å². The maximum Gasteiger partial charge on any atom is 0.295 e. The topological polar surface area (TPSA) is 251 Å². The number of halogens is 4. The fourth-order valence-electron chi connectivity index (χ4n) is 5.29. The number of nitrogens with two attached hydrogens (primary N) is 2. The Morgan fingerprint density at radius 2 is 0.865 bits per heavy atom. The summed E-state index contributed by atoms with van der Waals surface area (Å²) in [6.07, 6.45) is 0. The number of anilines is 2. The quantitative estimate of drug-likeness (QED) is 0.0382. The molecule has 8 N–H and O–H groups in total. The number of hydrogen-bond donors (Lipinski definition) is 6. The molecule has 0 radical (unpaired) electrons. The zero-order valence-electron chi connectivity index (χ0n) is 25.6. The van der Waals surface area contributed by atoms with Crippen LogP contribution in [0.15, 0.2) is 103 Å². The van der Waals surface area contributed by atoms with E-state index in [-0.39, 0.29) is 77.2 Å². The molecule has 0 unspecified atom stereocenters. The van der Waals surface area contributed by atoms with Crippen LogP contribution >= 0.6 is 68.4 Å². The van der Waals surface area contributed by atoms with Gasteiger partial charge in [0.05, 0.1) is 32.2 Å². The van der Waals surface area contributed by atoms with Crippen LogP contribution in [0.5, 0.6) is 11.5 Å². The van der Waals surface area contributed by atoms with Crippen LogP contribution in [0.4, 0.5) is 34.1 Å². The predicted molar refractivity (Wildman–Crippen MR) is 215 cm³/mol. The Balaban J connectivity index is 1.31. The second-order valence-electron chi connectivity index (χ2n) is 10.9. The highest BCUT2D eigenvalue weighted by atomic mass is 127. The molecule has 0 fully saturated rings. The largest absolute Gasteiger partial charge is 0.507 e. The van der Waals surface area contributed by atoms with Crippen LogP contribution < -0.4 is 11.5 Å². The van der Waals surface area contributed by atoms with Crippen LogP contribution in [0.1, 0.15) is 0 Å². The van der Waals surface area contributed by atoms with E-state index in [4.69, 9.17) is 34.7 Å². The Labute approximate surface area is 332 Å². The number of azo groups is 2. The number of rotatable bonds is 7. The highest BCUT2D eigenvalue weighted by molar-refractivity contribution is 14.1. The number of hydrogen-bond acceptors (Lipinski definition) is 12. The van der Waals surface area contributed by atoms with Gasteiger partial charge in [0.1, 0.15) is 44.0 Å². The highest BCUT2D eigenvalue weighted by Crippen LogP contribution is 2.45. The van der Waals surface area contributed by atoms with Gasteiger partial charge in [0.2, 0.25) is 0 Å². The average molecular weight is 1010 g/mol. The van der Waals surface area contributed by atoms with E-state index >= 15 is 0 Å². The molecular formula is C32H20Cl2I2N6O8S2. The minimum absolute atomic E-state index is 0.0186. The fraction of sp³-hybridized carbons (Fsp3) is 0. The van der Waals surface area contributed by atoms with Crippen molar-refractivity contribution in [2.75, 3.05) is 11.5 Å². The minimum Gasteiger partial charge on any atom is -0.507 e. The summed E-state index contributed by atoms with van der Waals surface area (Å²) in [6, 6.07) is 17.3. The zero-order valence-corrected chi connectivity index (χ0v) is 33.1. The van der Waals surface area contributed by atoms with Crippen LogP contribution in [0.2, 0.25) is 10.0 Å². The van der Waals surface area contributed by atoms with Crippen molar-refractivity contribution in [3.63, 3.8) is 0 Å². The van der Waals surface area contributed by atoms with Gasteiger partial charge in [-0.05, 0) is 117 Å². The average Bonchev–Trinajstić information content (AvgIpc) is 3.06. The van der Waals surface area contributed by atoms with E-state index < -0.39 is 30.0 Å². The summed E-state index contributed by atoms with van der Waals surface area (Å²) < 4.78 is 69.5. The Kier molecular flexibility index (Phi) is 10.3. The lowest BCUT2D eigenvalue weighted by Gasteiger charge is -2.12. The van der Waals surface area contributed by atoms with Crippen molar-refractivity contribution < 1.29 is 36.2 Å². The van der Waals surface area contributed by atoms with E-state index in [9.17, 15) is 36.2 Å². The SMILES string of the molecule is Nc1c(N=Nc2ccc(-c3ccc(N=Nc4cc(S(=O)(=O)O)c5c(I)ccc(O)c5c4N)c(Cl)c3)cc2Cl)cc(S(=O)(=O)O)c2c(I)ccc(O)c12. The lowest BCUT2D eigenvalue weighted by Crippen LogP contribution is -2.02. The van der Waals surface area contributed by atoms with Crippen molar-refractivity contribution in [1.82, 2.24) is 0 Å². The molecule has 52 heavy (non-hydrogen) atoms. The Bertz CT molecular complexity index is 2610. The smallest absolute Gasteiger partial charge is 0.295 e. The standard InChI is InChI=1S/C32H20Cl2I2N6O8S2/c33-15-9-13(1-5-19(15)39-41-21-11-25(51(45,46)47)27-17(35)3-7-23(43)29(27)31(21)37)14-2-6-20(16(34)10-14)40-42-22-12-26(52(48,49)50)28-18(36)4-8-24(44)30(28)32(22)38/h1-12,43-44H,37-38H2,(H,45,46,47)(H,48,49,50). The fourth-order valence-corrected chi connectivity index (χ4v) is 9.03. The van der Waals surface area contributed by atoms with E-state index in [2.05, 4.69) is 20.5 Å². The Morgan fingerprint density at radius 1 is 0.519 bits per heavy atom. The summed E-state index contributed by atoms with van der Waals surface area (Å²) in [6.45, 7) is 0. The molecule has 14 nitrogen and oxygen atoms in total. The first kappa shape index (κ1) is 37.8. The first-order valence-electron chi connectivity index (χ1n) is 14.2. The summed E-state index contributed by atoms with van der Waals surface area (Å²) in [5.74, 6) is -0.634. The summed E-state index contributed by atoms with van der Waals surface area (Å²) in [4.78, 5) is -1.02. The van der Waals surface area contributed by atoms with Gasteiger partial charge in [-0.1, -0.05) is 35.3 Å². The number of nitrogens with zero attached hydrogens (tertiary/aromatic N) is 4. The molecule has 0 heterocycles. The molecular weight excluding hydrogens is 985 g/mol. The molecule has 0 aliphatic carbocycles. The lowest BCUT2D eigenvalue weighted by atomic mass is 10.0. The number of phenolic OH excluding ortho intramolecular Hbond substituents is 2. The van der Waals surface area contributed by atoms with Crippen molar-refractivity contribution in [2.45, 2.75) is 9.79 Å². The van der Waals surface area contributed by atoms with Crippen molar-refractivity contribution in [3.8, 4) is 22.6 Å². The molecule has 20 heteroatoms. The maximum absolute atomic E-state index is 12.2. The maximum atomic E-state index is 12.2. The Morgan fingerprint density at radius 3 is 1.19 bits per heavy atom. The van der Waals surface area contributed by atoms with Crippen molar-refractivity contribution in [3.05, 3.63) is 90.0 Å². The first-order valence-corrected chi connectivity index (χ1v) is 20.0. The van der Waals surface area contributed by atoms with Gasteiger partial charge in [-0.25, -0.2) is 0 Å². The molecule has 0 aromatic heterocycles. The van der Waals surface area contributed by atoms with Crippen LogP contribution in [0.25, 0.3) is 32.7 Å². The number of benzene rings is 6. The number of phenols is 2. The van der Waals surface area contributed by atoms with Gasteiger partial charge in [-0.15, -0.1) is 20.5 Å². The van der Waals surface area contributed by atoms with Crippen molar-refractivity contribution >= 4 is 144 Å². The summed E-state index contributed by atoms with van der Waals surface area (Å²) in [5, 5.41) is 37.6. The molecule has 0 saturated heterocycles. The van der Waals surface area contributed by atoms with Crippen LogP contribution in [-0.4, -0.2) is 36.2 Å². The normalized spacial score (nSPS) is 12.5. The van der Waals surface area contributed by atoms with Crippen LogP contribution in [-0.2, 0) is 20.2 Å². The van der Waals surface area contributed by atoms with E-state index in [1.165, 1.54) is 36.4 Å². The van der Waals surface area contributed by atoms with E-state index in [0.717, 1.165) is 12.1 Å². The monoisotopic (exact) mass is 1000 g/mol. The molecule has 0 aliphatic rings. The van der Waals surface area contributed by atoms with Gasteiger partial charge in [0.25, 0.3) is 20.2 Å². The number of nitrogen functional groups attached to an aromatic ring is 2. The number of fused-ring (bicyclic) bond motifs is 2. The molecule has 0 spiro atoms. The third kappa shape index (κ3) is 7.20. The van der Waals surface area contributed by atoms with Crippen LogP contribution in [0.3, 0.4) is 0 Å². The summed E-state index contributed by atoms with van der Waals surface area (Å²) in [7, 11) is -9.50. The summed E-state index contributed by atoms with van der Waals surface area (Å²) >= 11 is 16.8. The predicted octanol–water partition coefficient (Wildman–Crippen LogP) is 10.1. The van der Waals surface area contributed by atoms with E-state index in [0.29, 0.717) is 18.3 Å². The van der Waals surface area contributed by atoms with Gasteiger partial charge in [-0.2, -0.15) is 16.8 Å². The molecule has 6 aromatic carbocycles. The van der Waals surface area contributed by atoms with E-state index in [1.807, 2.05) is 45.2 Å². The van der Waals surface area contributed by atoms with Gasteiger partial charge in [0, 0.05) is 17.9 Å². The van der Waals surface area contributed by atoms with Crippen molar-refractivity contribution in [1.29, 1.82) is 0 Å². The second kappa shape index (κ2) is 14.2. The molecule has 266 valence electrons. The van der Waals surface area contributed by atoms with Gasteiger partial charge in [-0.3, -0.25) is 9.11 Å². The van der Waals surface area contributed by atoms with E-state index in [1.54, 1.807) is 24.3 Å².